The van der Waals surface area contributed by atoms with Gasteiger partial charge >= 0.3 is 6.18 Å². The Bertz CT molecular complexity index is 1060. The second-order valence-electron chi connectivity index (χ2n) is 7.24. The third kappa shape index (κ3) is 5.66. The van der Waals surface area contributed by atoms with Crippen LogP contribution in [0.4, 0.5) is 18.9 Å². The molecule has 0 bridgehead atoms. The van der Waals surface area contributed by atoms with E-state index in [1.165, 1.54) is 15.6 Å². The minimum absolute atomic E-state index is 0.000724. The second-order valence-corrected chi connectivity index (χ2v) is 8.16. The number of aromatic nitrogens is 4. The molecule has 1 aliphatic carbocycles. The van der Waals surface area contributed by atoms with Crippen LogP contribution >= 0.6 is 15.9 Å². The Labute approximate surface area is 184 Å². The number of benzene rings is 1. The first-order valence-electron chi connectivity index (χ1n) is 9.63. The van der Waals surface area contributed by atoms with Crippen LogP contribution in [0, 0.1) is 0 Å². The number of hydrogen-bond donors (Lipinski definition) is 1. The van der Waals surface area contributed by atoms with E-state index in [0.29, 0.717) is 17.1 Å². The van der Waals surface area contributed by atoms with Gasteiger partial charge < -0.3 is 10.1 Å². The lowest BCUT2D eigenvalue weighted by Gasteiger charge is -2.07. The minimum Gasteiger partial charge on any atom is -0.471 e. The van der Waals surface area contributed by atoms with Gasteiger partial charge in [-0.3, -0.25) is 9.48 Å². The van der Waals surface area contributed by atoms with Gasteiger partial charge in [-0.05, 0) is 43.2 Å². The predicted molar refractivity (Wildman–Crippen MR) is 109 cm³/mol. The lowest BCUT2D eigenvalue weighted by molar-refractivity contribution is -0.141. The molecule has 1 aromatic carbocycles. The van der Waals surface area contributed by atoms with Gasteiger partial charge in [0.25, 0.3) is 0 Å². The molecule has 1 saturated carbocycles. The molecule has 31 heavy (non-hydrogen) atoms. The number of anilines is 1. The average Bonchev–Trinajstić information content (AvgIpc) is 3.30. The van der Waals surface area contributed by atoms with Crippen LogP contribution in [0.3, 0.4) is 0 Å². The maximum atomic E-state index is 13.0. The molecule has 11 heteroatoms. The van der Waals surface area contributed by atoms with Gasteiger partial charge in [-0.15, -0.1) is 0 Å². The number of amides is 1. The molecule has 0 atom stereocenters. The first-order chi connectivity index (χ1) is 14.8. The number of ether oxygens (including phenoxy) is 1. The molecule has 0 saturated heterocycles. The van der Waals surface area contributed by atoms with Crippen molar-refractivity contribution in [3.63, 3.8) is 0 Å². The fourth-order valence-electron chi connectivity index (χ4n) is 3.06. The fourth-order valence-corrected chi connectivity index (χ4v) is 3.32. The molecule has 1 N–H and O–H groups in total. The first-order valence-corrected chi connectivity index (χ1v) is 10.4. The van der Waals surface area contributed by atoms with E-state index in [1.54, 1.807) is 6.20 Å². The normalized spacial score (nSPS) is 13.9. The molecule has 0 unspecified atom stereocenters. The highest BCUT2D eigenvalue weighted by Crippen LogP contribution is 2.42. The molecular formula is C20H19BrF3N5O2. The third-order valence-corrected chi connectivity index (χ3v) is 5.27. The summed E-state index contributed by atoms with van der Waals surface area (Å²) in [5.74, 6) is 0.433. The molecule has 1 aliphatic rings. The molecule has 4 rings (SSSR count). The number of carbonyl (C=O) groups is 1. The summed E-state index contributed by atoms with van der Waals surface area (Å²) in [6.45, 7) is 0.240. The molecule has 1 fully saturated rings. The minimum atomic E-state index is -4.50. The predicted octanol–water partition coefficient (Wildman–Crippen LogP) is 4.80. The highest BCUT2D eigenvalue weighted by Gasteiger charge is 2.37. The maximum absolute atomic E-state index is 13.0. The summed E-state index contributed by atoms with van der Waals surface area (Å²) in [6.07, 6.45) is 0.285. The Balaban J connectivity index is 1.30. The van der Waals surface area contributed by atoms with Crippen molar-refractivity contribution >= 4 is 27.5 Å². The van der Waals surface area contributed by atoms with Crippen LogP contribution in [0.5, 0.6) is 5.75 Å². The van der Waals surface area contributed by atoms with Crippen LogP contribution in [-0.2, 0) is 24.2 Å². The topological polar surface area (TPSA) is 74.0 Å². The van der Waals surface area contributed by atoms with E-state index in [4.69, 9.17) is 4.74 Å². The number of hydrogen-bond acceptors (Lipinski definition) is 4. The molecule has 164 valence electrons. The SMILES string of the molecule is O=C(CCn1nc(C(F)(F)F)cc1C1CC1)Nc1cnn(COc2ccc(Br)cc2)c1. The summed E-state index contributed by atoms with van der Waals surface area (Å²) in [4.78, 5) is 12.3. The first kappa shape index (κ1) is 21.4. The highest BCUT2D eigenvalue weighted by molar-refractivity contribution is 9.10. The summed E-state index contributed by atoms with van der Waals surface area (Å²) < 4.78 is 48.3. The lowest BCUT2D eigenvalue weighted by Crippen LogP contribution is -2.16. The van der Waals surface area contributed by atoms with Crippen molar-refractivity contribution in [2.75, 3.05) is 5.32 Å². The van der Waals surface area contributed by atoms with Crippen LogP contribution in [0.25, 0.3) is 0 Å². The van der Waals surface area contributed by atoms with E-state index in [1.807, 2.05) is 24.3 Å². The van der Waals surface area contributed by atoms with Crippen LogP contribution in [0.1, 0.15) is 36.6 Å². The van der Waals surface area contributed by atoms with Crippen LogP contribution < -0.4 is 10.1 Å². The van der Waals surface area contributed by atoms with E-state index in [-0.39, 0.29) is 31.5 Å². The van der Waals surface area contributed by atoms with Crippen molar-refractivity contribution in [1.82, 2.24) is 19.6 Å². The summed E-state index contributed by atoms with van der Waals surface area (Å²) in [6, 6.07) is 8.42. The number of carbonyl (C=O) groups excluding carboxylic acids is 1. The average molecular weight is 498 g/mol. The summed E-state index contributed by atoms with van der Waals surface area (Å²) in [5.41, 5.74) is 0.100. The van der Waals surface area contributed by atoms with Crippen molar-refractivity contribution in [2.24, 2.45) is 0 Å². The largest absolute Gasteiger partial charge is 0.471 e. The highest BCUT2D eigenvalue weighted by atomic mass is 79.9. The summed E-state index contributed by atoms with van der Waals surface area (Å²) in [5, 5.41) is 10.5. The molecule has 2 aromatic heterocycles. The van der Waals surface area contributed by atoms with Gasteiger partial charge in [0, 0.05) is 29.1 Å². The third-order valence-electron chi connectivity index (χ3n) is 4.74. The Hall–Kier alpha value is -2.82. The molecule has 2 heterocycles. The number of rotatable bonds is 8. The monoisotopic (exact) mass is 497 g/mol. The zero-order valence-electron chi connectivity index (χ0n) is 16.3. The molecule has 0 spiro atoms. The molecule has 0 aliphatic heterocycles. The maximum Gasteiger partial charge on any atom is 0.435 e. The smallest absolute Gasteiger partial charge is 0.435 e. The van der Waals surface area contributed by atoms with E-state index >= 15 is 0 Å². The van der Waals surface area contributed by atoms with Gasteiger partial charge in [-0.1, -0.05) is 15.9 Å². The molecular weight excluding hydrogens is 479 g/mol. The summed E-state index contributed by atoms with van der Waals surface area (Å²) >= 11 is 3.35. The number of nitrogens with zero attached hydrogens (tertiary/aromatic N) is 4. The van der Waals surface area contributed by atoms with E-state index in [2.05, 4.69) is 31.4 Å². The van der Waals surface area contributed by atoms with Crippen LogP contribution in [0.15, 0.2) is 47.2 Å². The van der Waals surface area contributed by atoms with Gasteiger partial charge in [0.15, 0.2) is 12.4 Å². The van der Waals surface area contributed by atoms with Gasteiger partial charge in [-0.2, -0.15) is 23.4 Å². The molecule has 0 radical (unpaired) electrons. The van der Waals surface area contributed by atoms with Crippen molar-refractivity contribution in [3.05, 3.63) is 58.6 Å². The van der Waals surface area contributed by atoms with Crippen molar-refractivity contribution in [1.29, 1.82) is 0 Å². The molecule has 3 aromatic rings. The number of halogens is 4. The van der Waals surface area contributed by atoms with Crippen molar-refractivity contribution in [3.8, 4) is 5.75 Å². The lowest BCUT2D eigenvalue weighted by atomic mass is 10.2. The van der Waals surface area contributed by atoms with Gasteiger partial charge in [0.1, 0.15) is 5.75 Å². The number of nitrogens with one attached hydrogen (secondary N) is 1. The van der Waals surface area contributed by atoms with Gasteiger partial charge in [0.2, 0.25) is 5.91 Å². The Morgan fingerprint density at radius 3 is 2.68 bits per heavy atom. The van der Waals surface area contributed by atoms with Crippen molar-refractivity contribution in [2.45, 2.75) is 44.6 Å². The van der Waals surface area contributed by atoms with Crippen LogP contribution in [-0.4, -0.2) is 25.5 Å². The quantitative estimate of drug-likeness (QED) is 0.484. The fraction of sp³-hybridized carbons (Fsp3) is 0.350. The zero-order valence-corrected chi connectivity index (χ0v) is 17.9. The van der Waals surface area contributed by atoms with Gasteiger partial charge in [0.05, 0.1) is 18.1 Å². The Morgan fingerprint density at radius 1 is 1.26 bits per heavy atom. The Morgan fingerprint density at radius 2 is 2.00 bits per heavy atom. The Kier molecular flexibility index (Phi) is 6.03. The van der Waals surface area contributed by atoms with E-state index < -0.39 is 11.9 Å². The zero-order chi connectivity index (χ0) is 22.0. The molecule has 7 nitrogen and oxygen atoms in total. The van der Waals surface area contributed by atoms with Crippen molar-refractivity contribution < 1.29 is 22.7 Å². The standard InChI is InChI=1S/C20H19BrF3N5O2/c21-14-3-5-16(6-4-14)31-12-28-11-15(10-25-28)26-19(30)7-8-29-17(13-1-2-13)9-18(27-29)20(22,23)24/h3-6,9-11,13H,1-2,7-8,12H2,(H,26,30). The molecule has 1 amide bonds. The van der Waals surface area contributed by atoms with E-state index in [0.717, 1.165) is 23.4 Å². The van der Waals surface area contributed by atoms with Gasteiger partial charge in [-0.25, -0.2) is 4.68 Å². The summed E-state index contributed by atoms with van der Waals surface area (Å²) in [7, 11) is 0. The number of aryl methyl sites for hydroxylation is 1. The second kappa shape index (κ2) is 8.74. The van der Waals surface area contributed by atoms with Crippen LogP contribution in [0.2, 0.25) is 0 Å². The van der Waals surface area contributed by atoms with E-state index in [9.17, 15) is 18.0 Å². The number of alkyl halides is 3.